The Morgan fingerprint density at radius 1 is 1.08 bits per heavy atom. The van der Waals surface area contributed by atoms with E-state index in [1.807, 2.05) is 29.2 Å². The number of likely N-dealkylation sites (tertiary alicyclic amines) is 1. The summed E-state index contributed by atoms with van der Waals surface area (Å²) in [5, 5.41) is 0.326. The maximum Gasteiger partial charge on any atom is 0.225 e. The summed E-state index contributed by atoms with van der Waals surface area (Å²) in [4.78, 5) is 30.6. The van der Waals surface area contributed by atoms with Gasteiger partial charge in [-0.3, -0.25) is 9.59 Å². The van der Waals surface area contributed by atoms with Gasteiger partial charge in [-0.25, -0.2) is 4.39 Å². The molecule has 190 valence electrons. The summed E-state index contributed by atoms with van der Waals surface area (Å²) in [5.41, 5.74) is 1.51. The topological polar surface area (TPSA) is 80.9 Å². The summed E-state index contributed by atoms with van der Waals surface area (Å²) in [6, 6.07) is 11.6. The van der Waals surface area contributed by atoms with Gasteiger partial charge in [0, 0.05) is 67.6 Å². The molecule has 2 aliphatic rings. The molecule has 0 radical (unpaired) electrons. The van der Waals surface area contributed by atoms with Gasteiger partial charge in [-0.05, 0) is 50.1 Å². The van der Waals surface area contributed by atoms with Crippen molar-refractivity contribution >= 4 is 16.8 Å². The predicted octanol–water partition coefficient (Wildman–Crippen LogP) is 4.35. The van der Waals surface area contributed by atoms with Gasteiger partial charge in [0.05, 0.1) is 5.69 Å². The number of benzene rings is 2. The van der Waals surface area contributed by atoms with Crippen molar-refractivity contribution in [2.24, 2.45) is 5.92 Å². The molecule has 0 bridgehead atoms. The highest BCUT2D eigenvalue weighted by Gasteiger charge is 2.30. The molecule has 2 fully saturated rings. The molecular weight excluding hydrogens is 463 g/mol. The zero-order valence-corrected chi connectivity index (χ0v) is 20.4. The van der Waals surface area contributed by atoms with Gasteiger partial charge in [-0.2, -0.15) is 0 Å². The number of halogens is 1. The summed E-state index contributed by atoms with van der Waals surface area (Å²) in [5.74, 6) is 1.23. The fraction of sp³-hybridized carbons (Fsp3) is 0.429. The summed E-state index contributed by atoms with van der Waals surface area (Å²) in [6.07, 6.45) is 3.25. The number of pyridine rings is 1. The second kappa shape index (κ2) is 10.7. The van der Waals surface area contributed by atoms with E-state index in [1.54, 1.807) is 13.0 Å². The number of carbonyl (C=O) groups is 1. The molecule has 1 aromatic heterocycles. The second-order valence-corrected chi connectivity index (χ2v) is 9.54. The number of aromatic amines is 1. The third-order valence-electron chi connectivity index (χ3n) is 7.12. The van der Waals surface area contributed by atoms with Gasteiger partial charge in [0.15, 0.2) is 5.43 Å². The third kappa shape index (κ3) is 5.38. The first-order chi connectivity index (χ1) is 17.5. The van der Waals surface area contributed by atoms with Crippen LogP contribution < -0.4 is 14.9 Å². The van der Waals surface area contributed by atoms with E-state index in [2.05, 4.69) is 4.98 Å². The average molecular weight is 495 g/mol. The Morgan fingerprint density at radius 2 is 1.83 bits per heavy atom. The van der Waals surface area contributed by atoms with E-state index >= 15 is 0 Å². The van der Waals surface area contributed by atoms with Gasteiger partial charge < -0.3 is 24.1 Å². The Labute approximate surface area is 209 Å². The van der Waals surface area contributed by atoms with Crippen LogP contribution in [0.15, 0.2) is 47.3 Å². The van der Waals surface area contributed by atoms with Crippen molar-refractivity contribution < 1.29 is 23.4 Å². The molecule has 1 N–H and O–H groups in total. The van der Waals surface area contributed by atoms with E-state index in [-0.39, 0.29) is 30.0 Å². The van der Waals surface area contributed by atoms with E-state index in [9.17, 15) is 14.0 Å². The number of ether oxygens (including phenoxy) is 3. The van der Waals surface area contributed by atoms with Crippen LogP contribution in [-0.2, 0) is 16.1 Å². The highest BCUT2D eigenvalue weighted by Crippen LogP contribution is 2.26. The number of rotatable bonds is 6. The Balaban J connectivity index is 1.17. The van der Waals surface area contributed by atoms with Gasteiger partial charge in [0.25, 0.3) is 0 Å². The number of carbonyl (C=O) groups excluding carboxylic acids is 1. The van der Waals surface area contributed by atoms with Crippen LogP contribution >= 0.6 is 0 Å². The van der Waals surface area contributed by atoms with Crippen LogP contribution in [0.4, 0.5) is 4.39 Å². The number of hydrogen-bond donors (Lipinski definition) is 1. The lowest BCUT2D eigenvalue weighted by Gasteiger charge is -2.35. The summed E-state index contributed by atoms with van der Waals surface area (Å²) < 4.78 is 31.1. The summed E-state index contributed by atoms with van der Waals surface area (Å²) in [7, 11) is 0. The molecule has 2 aliphatic heterocycles. The first kappa shape index (κ1) is 24.3. The number of fused-ring (bicyclic) bond motifs is 1. The lowest BCUT2D eigenvalue weighted by Crippen LogP contribution is -2.45. The Morgan fingerprint density at radius 3 is 2.61 bits per heavy atom. The smallest absolute Gasteiger partial charge is 0.225 e. The van der Waals surface area contributed by atoms with Crippen LogP contribution in [0, 0.1) is 18.7 Å². The number of nitrogens with zero attached hydrogens (tertiary/aromatic N) is 1. The molecule has 36 heavy (non-hydrogen) atoms. The molecule has 3 aromatic rings. The van der Waals surface area contributed by atoms with Gasteiger partial charge in [-0.15, -0.1) is 0 Å². The number of aromatic nitrogens is 1. The average Bonchev–Trinajstić information content (AvgIpc) is 2.91. The summed E-state index contributed by atoms with van der Waals surface area (Å²) in [6.45, 7) is 4.63. The minimum Gasteiger partial charge on any atom is -0.490 e. The van der Waals surface area contributed by atoms with Crippen LogP contribution in [0.1, 0.15) is 36.9 Å². The van der Waals surface area contributed by atoms with E-state index in [0.29, 0.717) is 60.0 Å². The fourth-order valence-corrected chi connectivity index (χ4v) is 4.94. The molecule has 2 aromatic carbocycles. The van der Waals surface area contributed by atoms with Crippen molar-refractivity contribution in [1.82, 2.24) is 9.88 Å². The fourth-order valence-electron chi connectivity index (χ4n) is 4.94. The Kier molecular flexibility index (Phi) is 7.23. The quantitative estimate of drug-likeness (QED) is 0.551. The van der Waals surface area contributed by atoms with E-state index in [4.69, 9.17) is 14.2 Å². The van der Waals surface area contributed by atoms with Crippen LogP contribution in [-0.4, -0.2) is 48.2 Å². The lowest BCUT2D eigenvalue weighted by molar-refractivity contribution is -0.140. The zero-order valence-electron chi connectivity index (χ0n) is 20.4. The lowest BCUT2D eigenvalue weighted by atomic mass is 9.97. The molecule has 5 rings (SSSR count). The predicted molar refractivity (Wildman–Crippen MR) is 134 cm³/mol. The Bertz CT molecular complexity index is 1290. The highest BCUT2D eigenvalue weighted by atomic mass is 19.1. The molecule has 2 saturated heterocycles. The highest BCUT2D eigenvalue weighted by molar-refractivity contribution is 5.79. The number of amides is 1. The van der Waals surface area contributed by atoms with Gasteiger partial charge in [-0.1, -0.05) is 6.07 Å². The standard InChI is InChI=1S/C28H31FN2O5/c1-18-26(30-25-6-5-20(29)15-24(25)27(18)32)17-35-22-3-2-4-23(16-22)36-21-7-11-31(12-8-21)28(33)19-9-13-34-14-10-19/h2-6,15-16,19,21H,7-14,17H2,1H3,(H,30,32). The molecule has 0 spiro atoms. The van der Waals surface area contributed by atoms with Crippen molar-refractivity contribution in [1.29, 1.82) is 0 Å². The van der Waals surface area contributed by atoms with Crippen molar-refractivity contribution in [3.05, 3.63) is 69.8 Å². The maximum atomic E-state index is 13.5. The van der Waals surface area contributed by atoms with Crippen LogP contribution in [0.5, 0.6) is 11.5 Å². The minimum absolute atomic E-state index is 0.0403. The number of H-pyrrole nitrogens is 1. The van der Waals surface area contributed by atoms with E-state index in [0.717, 1.165) is 25.7 Å². The Hall–Kier alpha value is -3.39. The van der Waals surface area contributed by atoms with Crippen molar-refractivity contribution in [2.45, 2.75) is 45.3 Å². The van der Waals surface area contributed by atoms with Gasteiger partial charge in [0.1, 0.15) is 30.0 Å². The number of hydrogen-bond acceptors (Lipinski definition) is 5. The number of nitrogens with one attached hydrogen (secondary N) is 1. The summed E-state index contributed by atoms with van der Waals surface area (Å²) >= 11 is 0. The SMILES string of the molecule is Cc1c(COc2cccc(OC3CCN(C(=O)C4CCOCC4)CC3)c2)[nH]c2ccc(F)cc2c1=O. The van der Waals surface area contributed by atoms with Crippen LogP contribution in [0.3, 0.4) is 0 Å². The second-order valence-electron chi connectivity index (χ2n) is 9.54. The maximum absolute atomic E-state index is 13.5. The molecular formula is C28H31FN2O5. The van der Waals surface area contributed by atoms with Crippen molar-refractivity contribution in [3.63, 3.8) is 0 Å². The van der Waals surface area contributed by atoms with Gasteiger partial charge >= 0.3 is 0 Å². The molecule has 3 heterocycles. The normalized spacial score (nSPS) is 17.3. The third-order valence-corrected chi connectivity index (χ3v) is 7.12. The molecule has 0 unspecified atom stereocenters. The largest absolute Gasteiger partial charge is 0.490 e. The first-order valence-corrected chi connectivity index (χ1v) is 12.5. The zero-order chi connectivity index (χ0) is 25.1. The van der Waals surface area contributed by atoms with Crippen LogP contribution in [0.2, 0.25) is 0 Å². The number of piperidine rings is 1. The molecule has 7 nitrogen and oxygen atoms in total. The van der Waals surface area contributed by atoms with Crippen molar-refractivity contribution in [3.8, 4) is 11.5 Å². The molecule has 1 amide bonds. The van der Waals surface area contributed by atoms with Gasteiger partial charge in [0.2, 0.25) is 5.91 Å². The molecule has 0 saturated carbocycles. The van der Waals surface area contributed by atoms with Crippen molar-refractivity contribution in [2.75, 3.05) is 26.3 Å². The van der Waals surface area contributed by atoms with Crippen LogP contribution in [0.25, 0.3) is 10.9 Å². The molecule has 0 aliphatic carbocycles. The van der Waals surface area contributed by atoms with E-state index in [1.165, 1.54) is 12.1 Å². The molecule has 0 atom stereocenters. The molecule has 8 heteroatoms. The first-order valence-electron chi connectivity index (χ1n) is 12.5. The monoisotopic (exact) mass is 494 g/mol. The minimum atomic E-state index is -0.440. The van der Waals surface area contributed by atoms with E-state index < -0.39 is 5.82 Å².